The Hall–Kier alpha value is -2.06. The number of halogens is 3. The molecule has 1 atom stereocenters. The number of rotatable bonds is 7. The molecule has 0 saturated carbocycles. The van der Waals surface area contributed by atoms with E-state index in [4.69, 9.17) is 0 Å². The van der Waals surface area contributed by atoms with Crippen molar-refractivity contribution in [2.24, 2.45) is 0 Å². The van der Waals surface area contributed by atoms with E-state index >= 15 is 0 Å². The van der Waals surface area contributed by atoms with Gasteiger partial charge in [-0.15, -0.1) is 0 Å². The molecule has 1 aliphatic heterocycles. The standard InChI is InChI=1S/C21H25F3N2O2S/c1-3-12-26-13-18(14-26)17-4-8-19(9-5-17)25-29(27,28)20-10-6-16(7-11-20)15(2)21(22,23)24/h4-11,15,18,25H,3,12-14H2,1-2H3. The third-order valence-corrected chi connectivity index (χ3v) is 6.71. The van der Waals surface area contributed by atoms with Gasteiger partial charge in [0.05, 0.1) is 10.8 Å². The molecule has 0 spiro atoms. The molecule has 0 aliphatic carbocycles. The van der Waals surface area contributed by atoms with Crippen LogP contribution >= 0.6 is 0 Å². The Morgan fingerprint density at radius 2 is 1.66 bits per heavy atom. The second-order valence-electron chi connectivity index (χ2n) is 7.52. The van der Waals surface area contributed by atoms with Crippen LogP contribution in [0.25, 0.3) is 0 Å². The fraction of sp³-hybridized carbons (Fsp3) is 0.429. The Labute approximate surface area is 169 Å². The molecule has 158 valence electrons. The van der Waals surface area contributed by atoms with Crippen LogP contribution in [-0.2, 0) is 10.0 Å². The molecule has 2 aromatic rings. The van der Waals surface area contributed by atoms with Crippen LogP contribution in [-0.4, -0.2) is 39.1 Å². The molecule has 1 aliphatic rings. The predicted molar refractivity (Wildman–Crippen MR) is 108 cm³/mol. The molecule has 29 heavy (non-hydrogen) atoms. The number of anilines is 1. The van der Waals surface area contributed by atoms with Crippen LogP contribution in [0, 0.1) is 0 Å². The average molecular weight is 427 g/mol. The monoisotopic (exact) mass is 426 g/mol. The van der Waals surface area contributed by atoms with Gasteiger partial charge in [-0.05, 0) is 55.3 Å². The molecule has 3 rings (SSSR count). The first-order valence-electron chi connectivity index (χ1n) is 9.62. The van der Waals surface area contributed by atoms with Crippen molar-refractivity contribution in [2.45, 2.75) is 43.2 Å². The van der Waals surface area contributed by atoms with Crippen LogP contribution in [0.15, 0.2) is 53.4 Å². The lowest BCUT2D eigenvalue weighted by molar-refractivity contribution is -0.146. The minimum Gasteiger partial charge on any atom is -0.302 e. The van der Waals surface area contributed by atoms with Gasteiger partial charge in [0.2, 0.25) is 0 Å². The Balaban J connectivity index is 1.65. The van der Waals surface area contributed by atoms with E-state index in [-0.39, 0.29) is 10.5 Å². The zero-order valence-corrected chi connectivity index (χ0v) is 17.2. The lowest BCUT2D eigenvalue weighted by Crippen LogP contribution is -2.45. The molecular formula is C21H25F3N2O2S. The molecule has 0 aromatic heterocycles. The number of hydrogen-bond donors (Lipinski definition) is 1. The van der Waals surface area contributed by atoms with Crippen molar-refractivity contribution in [3.8, 4) is 0 Å². The molecule has 1 N–H and O–H groups in total. The van der Waals surface area contributed by atoms with Crippen LogP contribution in [0.5, 0.6) is 0 Å². The molecule has 1 heterocycles. The summed E-state index contributed by atoms with van der Waals surface area (Å²) in [5, 5.41) is 0. The van der Waals surface area contributed by atoms with Gasteiger partial charge in [0.1, 0.15) is 0 Å². The molecule has 1 fully saturated rings. The zero-order valence-electron chi connectivity index (χ0n) is 16.4. The minimum absolute atomic E-state index is 0.0263. The number of hydrogen-bond acceptors (Lipinski definition) is 3. The number of nitrogens with one attached hydrogen (secondary N) is 1. The highest BCUT2D eigenvalue weighted by Crippen LogP contribution is 2.34. The zero-order chi connectivity index (χ0) is 21.2. The van der Waals surface area contributed by atoms with Crippen LogP contribution in [0.4, 0.5) is 18.9 Å². The Kier molecular flexibility index (Phi) is 6.24. The second-order valence-corrected chi connectivity index (χ2v) is 9.20. The largest absolute Gasteiger partial charge is 0.395 e. The molecule has 0 radical (unpaired) electrons. The van der Waals surface area contributed by atoms with Gasteiger partial charge >= 0.3 is 6.18 Å². The summed E-state index contributed by atoms with van der Waals surface area (Å²) in [7, 11) is -3.87. The highest BCUT2D eigenvalue weighted by molar-refractivity contribution is 7.92. The van der Waals surface area contributed by atoms with Crippen LogP contribution in [0.1, 0.15) is 43.2 Å². The summed E-state index contributed by atoms with van der Waals surface area (Å²) in [4.78, 5) is 2.30. The lowest BCUT2D eigenvalue weighted by atomic mass is 9.91. The van der Waals surface area contributed by atoms with Crippen molar-refractivity contribution in [3.05, 3.63) is 59.7 Å². The fourth-order valence-electron chi connectivity index (χ4n) is 3.44. The summed E-state index contributed by atoms with van der Waals surface area (Å²) >= 11 is 0. The summed E-state index contributed by atoms with van der Waals surface area (Å²) in [5.41, 5.74) is 1.62. The Bertz CT molecular complexity index is 920. The van der Waals surface area contributed by atoms with E-state index in [0.717, 1.165) is 33.0 Å². The fourth-order valence-corrected chi connectivity index (χ4v) is 4.50. The normalized spacial score (nSPS) is 17.0. The summed E-state index contributed by atoms with van der Waals surface area (Å²) in [5.74, 6) is -1.19. The highest BCUT2D eigenvalue weighted by atomic mass is 32.2. The van der Waals surface area contributed by atoms with Gasteiger partial charge in [-0.3, -0.25) is 4.72 Å². The number of likely N-dealkylation sites (tertiary alicyclic amines) is 1. The predicted octanol–water partition coefficient (Wildman–Crippen LogP) is 4.96. The van der Waals surface area contributed by atoms with Crippen molar-refractivity contribution in [3.63, 3.8) is 0 Å². The van der Waals surface area contributed by atoms with Crippen LogP contribution in [0.2, 0.25) is 0 Å². The van der Waals surface area contributed by atoms with Gasteiger partial charge in [0.15, 0.2) is 0 Å². The molecule has 1 unspecified atom stereocenters. The Morgan fingerprint density at radius 1 is 1.07 bits per heavy atom. The van der Waals surface area contributed by atoms with Gasteiger partial charge < -0.3 is 4.90 Å². The van der Waals surface area contributed by atoms with Crippen molar-refractivity contribution < 1.29 is 21.6 Å². The molecule has 1 saturated heterocycles. The summed E-state index contributed by atoms with van der Waals surface area (Å²) in [6.07, 6.45) is -3.24. The molecule has 0 amide bonds. The highest BCUT2D eigenvalue weighted by Gasteiger charge is 2.37. The van der Waals surface area contributed by atoms with Gasteiger partial charge in [-0.1, -0.05) is 31.2 Å². The van der Waals surface area contributed by atoms with Crippen molar-refractivity contribution in [1.29, 1.82) is 0 Å². The van der Waals surface area contributed by atoms with Crippen LogP contribution < -0.4 is 4.72 Å². The second kappa shape index (κ2) is 8.36. The third kappa shape index (κ3) is 5.11. The molecule has 8 heteroatoms. The molecule has 0 bridgehead atoms. The van der Waals surface area contributed by atoms with E-state index < -0.39 is 22.1 Å². The average Bonchev–Trinajstić information content (AvgIpc) is 2.64. The van der Waals surface area contributed by atoms with Gasteiger partial charge in [0, 0.05) is 24.7 Å². The molecule has 2 aromatic carbocycles. The van der Waals surface area contributed by atoms with E-state index in [1.807, 2.05) is 12.1 Å². The topological polar surface area (TPSA) is 49.4 Å². The van der Waals surface area contributed by atoms with Crippen molar-refractivity contribution >= 4 is 15.7 Å². The maximum Gasteiger partial charge on any atom is 0.395 e. The first-order chi connectivity index (χ1) is 13.6. The van der Waals surface area contributed by atoms with E-state index in [2.05, 4.69) is 16.5 Å². The van der Waals surface area contributed by atoms with Crippen molar-refractivity contribution in [1.82, 2.24) is 4.90 Å². The van der Waals surface area contributed by atoms with E-state index in [0.29, 0.717) is 11.6 Å². The maximum absolute atomic E-state index is 12.8. The first-order valence-corrected chi connectivity index (χ1v) is 11.1. The first kappa shape index (κ1) is 21.6. The smallest absolute Gasteiger partial charge is 0.302 e. The SMILES string of the molecule is CCCN1CC(c2ccc(NS(=O)(=O)c3ccc(C(C)C(F)(F)F)cc3)cc2)C1. The van der Waals surface area contributed by atoms with Gasteiger partial charge in [-0.25, -0.2) is 8.42 Å². The van der Waals surface area contributed by atoms with Crippen LogP contribution in [0.3, 0.4) is 0 Å². The van der Waals surface area contributed by atoms with Gasteiger partial charge in [-0.2, -0.15) is 13.2 Å². The minimum atomic E-state index is -4.37. The van der Waals surface area contributed by atoms with E-state index in [1.165, 1.54) is 29.8 Å². The lowest BCUT2D eigenvalue weighted by Gasteiger charge is -2.39. The van der Waals surface area contributed by atoms with E-state index in [1.54, 1.807) is 12.1 Å². The molecular weight excluding hydrogens is 401 g/mol. The Morgan fingerprint density at radius 3 is 2.17 bits per heavy atom. The maximum atomic E-state index is 12.8. The van der Waals surface area contributed by atoms with Crippen molar-refractivity contribution in [2.75, 3.05) is 24.4 Å². The summed E-state index contributed by atoms with van der Waals surface area (Å²) in [6.45, 7) is 6.32. The quantitative estimate of drug-likeness (QED) is 0.681. The number of nitrogens with zero attached hydrogens (tertiary/aromatic N) is 1. The number of benzene rings is 2. The third-order valence-electron chi connectivity index (χ3n) is 5.31. The number of alkyl halides is 3. The number of sulfonamides is 1. The summed E-state index contributed by atoms with van der Waals surface area (Å²) in [6, 6.07) is 12.1. The summed E-state index contributed by atoms with van der Waals surface area (Å²) < 4.78 is 66.0. The van der Waals surface area contributed by atoms with Gasteiger partial charge in [0.25, 0.3) is 10.0 Å². The molecule has 4 nitrogen and oxygen atoms in total. The van der Waals surface area contributed by atoms with E-state index in [9.17, 15) is 21.6 Å².